The van der Waals surface area contributed by atoms with E-state index in [1.165, 1.54) is 42.5 Å². The molecule has 0 saturated heterocycles. The largest absolute Gasteiger partial charge is 0.322 e. The van der Waals surface area contributed by atoms with Gasteiger partial charge in [-0.2, -0.15) is 5.10 Å². The average molecular weight is 478 g/mol. The molecule has 0 saturated carbocycles. The van der Waals surface area contributed by atoms with Crippen molar-refractivity contribution in [3.63, 3.8) is 0 Å². The number of amides is 1. The molecule has 0 fully saturated rings. The first kappa shape index (κ1) is 22.7. The van der Waals surface area contributed by atoms with Crippen LogP contribution in [0.3, 0.4) is 0 Å². The van der Waals surface area contributed by atoms with E-state index in [4.69, 9.17) is 0 Å². The Morgan fingerprint density at radius 1 is 0.971 bits per heavy atom. The molecule has 3 aromatic carbocycles. The predicted octanol–water partition coefficient (Wildman–Crippen LogP) is 4.14. The van der Waals surface area contributed by atoms with Crippen molar-refractivity contribution in [1.29, 1.82) is 0 Å². The third-order valence-electron chi connectivity index (χ3n) is 4.92. The number of nitro groups is 1. The topological polar surface area (TPSA) is 136 Å². The summed E-state index contributed by atoms with van der Waals surface area (Å²) in [5.41, 5.74) is 2.52. The maximum Gasteiger partial charge on any atom is 0.270 e. The molecular formula is C23H19N5O5S. The number of nitrogens with zero attached hydrogens (tertiary/aromatic N) is 3. The van der Waals surface area contributed by atoms with Gasteiger partial charge in [0.05, 0.1) is 15.5 Å². The number of hydrogen-bond donors (Lipinski definition) is 2. The lowest BCUT2D eigenvalue weighted by atomic mass is 10.2. The number of aromatic nitrogens is 2. The Labute approximate surface area is 195 Å². The number of carbonyl (C=O) groups excluding carboxylic acids is 1. The van der Waals surface area contributed by atoms with Crippen molar-refractivity contribution in [1.82, 2.24) is 9.78 Å². The van der Waals surface area contributed by atoms with Crippen LogP contribution in [0.15, 0.2) is 90.0 Å². The fourth-order valence-electron chi connectivity index (χ4n) is 3.23. The quantitative estimate of drug-likeness (QED) is 0.303. The molecule has 0 atom stereocenters. The molecule has 10 nitrogen and oxygen atoms in total. The van der Waals surface area contributed by atoms with Crippen molar-refractivity contribution in [2.75, 3.05) is 10.0 Å². The number of rotatable bonds is 7. The smallest absolute Gasteiger partial charge is 0.270 e. The highest BCUT2D eigenvalue weighted by molar-refractivity contribution is 7.92. The zero-order chi connectivity index (χ0) is 24.3. The van der Waals surface area contributed by atoms with Gasteiger partial charge in [-0.3, -0.25) is 19.6 Å². The van der Waals surface area contributed by atoms with Crippen molar-refractivity contribution in [3.05, 3.63) is 106 Å². The summed E-state index contributed by atoms with van der Waals surface area (Å²) in [6.07, 6.45) is 1.69. The summed E-state index contributed by atoms with van der Waals surface area (Å²) in [7, 11) is -4.04. The minimum atomic E-state index is -4.04. The minimum Gasteiger partial charge on any atom is -0.322 e. The van der Waals surface area contributed by atoms with E-state index < -0.39 is 14.9 Å². The molecule has 2 N–H and O–H groups in total. The molecule has 1 aromatic heterocycles. The molecule has 1 amide bonds. The number of hydrogen-bond acceptors (Lipinski definition) is 6. The van der Waals surface area contributed by atoms with Gasteiger partial charge in [0.25, 0.3) is 21.6 Å². The highest BCUT2D eigenvalue weighted by atomic mass is 32.2. The van der Waals surface area contributed by atoms with Crippen LogP contribution in [0.4, 0.5) is 17.1 Å². The van der Waals surface area contributed by atoms with Crippen LogP contribution in [0.1, 0.15) is 16.1 Å². The summed E-state index contributed by atoms with van der Waals surface area (Å²) >= 11 is 0. The number of aryl methyl sites for hydroxylation is 1. The van der Waals surface area contributed by atoms with Crippen molar-refractivity contribution in [2.45, 2.75) is 11.8 Å². The van der Waals surface area contributed by atoms with Crippen LogP contribution >= 0.6 is 0 Å². The van der Waals surface area contributed by atoms with E-state index in [2.05, 4.69) is 15.1 Å². The second-order valence-corrected chi connectivity index (χ2v) is 9.01. The number of sulfonamides is 1. The van der Waals surface area contributed by atoms with Crippen LogP contribution in [-0.4, -0.2) is 29.0 Å². The van der Waals surface area contributed by atoms with Gasteiger partial charge in [-0.15, -0.1) is 0 Å². The van der Waals surface area contributed by atoms with Crippen LogP contribution in [0.25, 0.3) is 5.69 Å². The van der Waals surface area contributed by atoms with Gasteiger partial charge in [0, 0.05) is 41.0 Å². The molecule has 0 aliphatic heterocycles. The van der Waals surface area contributed by atoms with E-state index in [1.54, 1.807) is 29.1 Å². The van der Waals surface area contributed by atoms with Gasteiger partial charge in [0.1, 0.15) is 0 Å². The highest BCUT2D eigenvalue weighted by Gasteiger charge is 2.18. The molecule has 11 heteroatoms. The predicted molar refractivity (Wildman–Crippen MR) is 127 cm³/mol. The molecule has 0 aliphatic rings. The number of anilines is 2. The number of non-ortho nitro benzene ring substituents is 1. The van der Waals surface area contributed by atoms with E-state index in [-0.39, 0.29) is 22.2 Å². The molecule has 172 valence electrons. The second-order valence-electron chi connectivity index (χ2n) is 7.33. The lowest BCUT2D eigenvalue weighted by molar-refractivity contribution is -0.385. The van der Waals surface area contributed by atoms with Gasteiger partial charge in [-0.25, -0.2) is 13.1 Å². The first-order valence-electron chi connectivity index (χ1n) is 10.0. The SMILES string of the molecule is Cc1ccnn1-c1cccc(NC(=O)c2ccc(NS(=O)(=O)c3cccc([N+](=O)[O-])c3)cc2)c1. The zero-order valence-corrected chi connectivity index (χ0v) is 18.7. The molecule has 0 radical (unpaired) electrons. The summed E-state index contributed by atoms with van der Waals surface area (Å²) in [5, 5.41) is 18.0. The van der Waals surface area contributed by atoms with Crippen molar-refractivity contribution in [3.8, 4) is 5.69 Å². The van der Waals surface area contributed by atoms with E-state index in [1.807, 2.05) is 19.1 Å². The van der Waals surface area contributed by atoms with E-state index >= 15 is 0 Å². The van der Waals surface area contributed by atoms with Crippen molar-refractivity contribution in [2.24, 2.45) is 0 Å². The molecule has 0 unspecified atom stereocenters. The van der Waals surface area contributed by atoms with E-state index in [9.17, 15) is 23.3 Å². The molecule has 34 heavy (non-hydrogen) atoms. The maximum atomic E-state index is 12.7. The van der Waals surface area contributed by atoms with Crippen LogP contribution < -0.4 is 10.0 Å². The lowest BCUT2D eigenvalue weighted by Gasteiger charge is -2.10. The standard InChI is InChI=1S/C23H19N5O5S/c1-16-12-13-24-27(16)20-5-2-4-19(14-20)25-23(29)17-8-10-18(11-9-17)26-34(32,33)22-7-3-6-21(15-22)28(30)31/h2-15,26H,1H3,(H,25,29). The lowest BCUT2D eigenvalue weighted by Crippen LogP contribution is -2.14. The van der Waals surface area contributed by atoms with Gasteiger partial charge in [0.15, 0.2) is 0 Å². The second kappa shape index (κ2) is 9.16. The van der Waals surface area contributed by atoms with E-state index in [0.717, 1.165) is 17.4 Å². The van der Waals surface area contributed by atoms with E-state index in [0.29, 0.717) is 11.3 Å². The van der Waals surface area contributed by atoms with Crippen LogP contribution in [-0.2, 0) is 10.0 Å². The van der Waals surface area contributed by atoms with Gasteiger partial charge in [-0.05, 0) is 61.5 Å². The van der Waals surface area contributed by atoms with Gasteiger partial charge < -0.3 is 5.32 Å². The molecule has 4 aromatic rings. The zero-order valence-electron chi connectivity index (χ0n) is 17.9. The maximum absolute atomic E-state index is 12.7. The minimum absolute atomic E-state index is 0.208. The molecule has 0 spiro atoms. The molecule has 0 bridgehead atoms. The molecular weight excluding hydrogens is 458 g/mol. The van der Waals surface area contributed by atoms with Gasteiger partial charge in [0.2, 0.25) is 0 Å². The van der Waals surface area contributed by atoms with Gasteiger partial charge in [-0.1, -0.05) is 12.1 Å². The Kier molecular flexibility index (Phi) is 6.11. The first-order valence-corrected chi connectivity index (χ1v) is 11.5. The Balaban J connectivity index is 1.47. The number of benzene rings is 3. The van der Waals surface area contributed by atoms with Crippen molar-refractivity contribution >= 4 is 33.0 Å². The summed E-state index contributed by atoms with van der Waals surface area (Å²) in [6, 6.07) is 19.7. The van der Waals surface area contributed by atoms with Crippen LogP contribution in [0.5, 0.6) is 0 Å². The molecule has 1 heterocycles. The molecule has 4 rings (SSSR count). The summed E-state index contributed by atoms with van der Waals surface area (Å²) in [4.78, 5) is 22.7. The number of nitro benzene ring substituents is 1. The Morgan fingerprint density at radius 3 is 2.38 bits per heavy atom. The fraction of sp³-hybridized carbons (Fsp3) is 0.0435. The Hall–Kier alpha value is -4.51. The summed E-state index contributed by atoms with van der Waals surface area (Å²) < 4.78 is 29.2. The highest BCUT2D eigenvalue weighted by Crippen LogP contribution is 2.21. The third-order valence-corrected chi connectivity index (χ3v) is 6.30. The molecule has 0 aliphatic carbocycles. The fourth-order valence-corrected chi connectivity index (χ4v) is 4.32. The Morgan fingerprint density at radius 2 is 1.71 bits per heavy atom. The first-order chi connectivity index (χ1) is 16.2. The normalized spacial score (nSPS) is 11.1. The number of carbonyl (C=O) groups is 1. The Bertz CT molecular complexity index is 1480. The van der Waals surface area contributed by atoms with Gasteiger partial charge >= 0.3 is 0 Å². The number of nitrogens with one attached hydrogen (secondary N) is 2. The van der Waals surface area contributed by atoms with Crippen LogP contribution in [0.2, 0.25) is 0 Å². The third kappa shape index (κ3) is 4.94. The average Bonchev–Trinajstić information content (AvgIpc) is 3.25. The summed E-state index contributed by atoms with van der Waals surface area (Å²) in [5.74, 6) is -0.373. The summed E-state index contributed by atoms with van der Waals surface area (Å²) in [6.45, 7) is 1.92. The monoisotopic (exact) mass is 477 g/mol. The van der Waals surface area contributed by atoms with Crippen molar-refractivity contribution < 1.29 is 18.1 Å². The van der Waals surface area contributed by atoms with Crippen LogP contribution in [0, 0.1) is 17.0 Å².